The molecule has 158 valence electrons. The molecule has 3 heterocycles. The smallest absolute Gasteiger partial charge is 0.237 e. The number of imidazole rings is 1. The van der Waals surface area contributed by atoms with Gasteiger partial charge in [-0.05, 0) is 59.2 Å². The molecule has 0 aliphatic rings. The van der Waals surface area contributed by atoms with Crippen LogP contribution in [0.1, 0.15) is 36.8 Å². The minimum atomic E-state index is -3.55. The number of fused-ring (bicyclic) bond motifs is 1. The van der Waals surface area contributed by atoms with E-state index in [1.54, 1.807) is 13.8 Å². The van der Waals surface area contributed by atoms with Gasteiger partial charge in [0.1, 0.15) is 11.5 Å². The first-order valence-corrected chi connectivity index (χ1v) is 11.0. The summed E-state index contributed by atoms with van der Waals surface area (Å²) < 4.78 is 37.9. The van der Waals surface area contributed by atoms with Crippen LogP contribution in [-0.4, -0.2) is 33.9 Å². The van der Waals surface area contributed by atoms with Crippen LogP contribution >= 0.6 is 0 Å². The number of aromatic nitrogens is 4. The molecule has 0 radical (unpaired) electrons. The molecule has 0 fully saturated rings. The molecule has 0 aliphatic carbocycles. The molecule has 0 bridgehead atoms. The fourth-order valence-corrected chi connectivity index (χ4v) is 4.12. The lowest BCUT2D eigenvalue weighted by atomic mass is 9.96. The van der Waals surface area contributed by atoms with Crippen LogP contribution in [0.15, 0.2) is 21.2 Å². The summed E-state index contributed by atoms with van der Waals surface area (Å²) in [5, 5.41) is 7.52. The summed E-state index contributed by atoms with van der Waals surface area (Å²) in [7, 11) is -3.55. The summed E-state index contributed by atoms with van der Waals surface area (Å²) >= 11 is 0. The van der Waals surface area contributed by atoms with Gasteiger partial charge in [0.25, 0.3) is 0 Å². The highest BCUT2D eigenvalue weighted by Gasteiger charge is 2.23. The van der Waals surface area contributed by atoms with Crippen molar-refractivity contribution in [2.45, 2.75) is 46.8 Å². The van der Waals surface area contributed by atoms with Gasteiger partial charge >= 0.3 is 0 Å². The minimum absolute atomic E-state index is 0.155. The molecule has 30 heavy (non-hydrogen) atoms. The summed E-state index contributed by atoms with van der Waals surface area (Å²) in [6, 6.07) is 3.88. The number of H-pyrrole nitrogens is 1. The van der Waals surface area contributed by atoms with Crippen molar-refractivity contribution in [2.24, 2.45) is 0 Å². The molecule has 0 aliphatic heterocycles. The molecule has 1 aromatic carbocycles. The van der Waals surface area contributed by atoms with Gasteiger partial charge in [-0.1, -0.05) is 10.3 Å². The summed E-state index contributed by atoms with van der Waals surface area (Å²) in [5.74, 6) is 1.50. The van der Waals surface area contributed by atoms with Gasteiger partial charge in [0.05, 0.1) is 27.7 Å². The summed E-state index contributed by atoms with van der Waals surface area (Å²) in [6.45, 7) is 10.6. The van der Waals surface area contributed by atoms with E-state index in [9.17, 15) is 8.42 Å². The number of sulfonamides is 1. The summed E-state index contributed by atoms with van der Waals surface area (Å²) in [5.41, 5.74) is 6.11. The molecular weight excluding hydrogens is 406 g/mol. The Labute approximate surface area is 173 Å². The quantitative estimate of drug-likeness (QED) is 0.485. The maximum absolute atomic E-state index is 12.3. The Morgan fingerprint density at radius 2 is 1.57 bits per heavy atom. The average Bonchev–Trinajstić information content (AvgIpc) is 3.31. The number of anilines is 1. The second kappa shape index (κ2) is 6.98. The molecular formula is C20H23N5O4S. The molecule has 4 rings (SSSR count). The van der Waals surface area contributed by atoms with Crippen molar-refractivity contribution in [3.05, 3.63) is 35.0 Å². The average molecular weight is 430 g/mol. The Hall–Kier alpha value is -3.14. The summed E-state index contributed by atoms with van der Waals surface area (Å²) in [4.78, 5) is 7.62. The molecule has 0 unspecified atom stereocenters. The van der Waals surface area contributed by atoms with Crippen LogP contribution in [0.25, 0.3) is 33.3 Å². The first-order valence-electron chi connectivity index (χ1n) is 9.50. The maximum Gasteiger partial charge on any atom is 0.237 e. The van der Waals surface area contributed by atoms with Crippen LogP contribution in [0.2, 0.25) is 0 Å². The van der Waals surface area contributed by atoms with E-state index < -0.39 is 15.3 Å². The maximum atomic E-state index is 12.3. The van der Waals surface area contributed by atoms with Crippen LogP contribution in [0, 0.1) is 27.7 Å². The largest absolute Gasteiger partial charge is 0.361 e. The highest BCUT2D eigenvalue weighted by molar-refractivity contribution is 7.93. The van der Waals surface area contributed by atoms with Crippen LogP contribution in [0.5, 0.6) is 0 Å². The fraction of sp³-hybridized carbons (Fsp3) is 0.350. The third-order valence-corrected chi connectivity index (χ3v) is 6.79. The Bertz CT molecular complexity index is 1320. The zero-order valence-corrected chi connectivity index (χ0v) is 18.4. The van der Waals surface area contributed by atoms with Crippen molar-refractivity contribution < 1.29 is 17.5 Å². The zero-order chi connectivity index (χ0) is 21.8. The van der Waals surface area contributed by atoms with Crippen molar-refractivity contribution in [3.8, 4) is 22.3 Å². The first kappa shape index (κ1) is 20.1. The van der Waals surface area contributed by atoms with E-state index in [0.717, 1.165) is 33.6 Å². The van der Waals surface area contributed by atoms with E-state index >= 15 is 0 Å². The number of aromatic amines is 1. The van der Waals surface area contributed by atoms with E-state index in [1.807, 2.05) is 39.8 Å². The van der Waals surface area contributed by atoms with Gasteiger partial charge in [0, 0.05) is 16.7 Å². The van der Waals surface area contributed by atoms with Crippen molar-refractivity contribution in [1.29, 1.82) is 0 Å². The van der Waals surface area contributed by atoms with Gasteiger partial charge in [0.2, 0.25) is 16.0 Å². The SMILES string of the molecule is Cc1noc(C)c1-c1cc(-c2c(C)noc2C)c2nc(NS(=O)(=O)C(C)C)[nH]c2c1. The van der Waals surface area contributed by atoms with Crippen molar-refractivity contribution >= 4 is 27.0 Å². The lowest BCUT2D eigenvalue weighted by Crippen LogP contribution is -2.23. The van der Waals surface area contributed by atoms with Crippen molar-refractivity contribution in [1.82, 2.24) is 20.3 Å². The zero-order valence-electron chi connectivity index (χ0n) is 17.6. The Morgan fingerprint density at radius 1 is 0.967 bits per heavy atom. The van der Waals surface area contributed by atoms with Crippen molar-refractivity contribution in [2.75, 3.05) is 4.72 Å². The second-order valence-corrected chi connectivity index (χ2v) is 9.84. The third-order valence-electron chi connectivity index (χ3n) is 5.07. The molecule has 0 spiro atoms. The standard InChI is InChI=1S/C20H23N5O4S/c1-9(2)30(26,27)25-20-21-16-8-14(17-10(3)23-28-12(17)5)7-15(19(16)22-20)18-11(4)24-29-13(18)6/h7-9H,1-6H3,(H2,21,22,25). The topological polar surface area (TPSA) is 127 Å². The minimum Gasteiger partial charge on any atom is -0.361 e. The Balaban J connectivity index is 1.99. The van der Waals surface area contributed by atoms with E-state index in [2.05, 4.69) is 25.0 Å². The summed E-state index contributed by atoms with van der Waals surface area (Å²) in [6.07, 6.45) is 0. The molecule has 0 atom stereocenters. The van der Waals surface area contributed by atoms with E-state index in [0.29, 0.717) is 22.6 Å². The highest BCUT2D eigenvalue weighted by Crippen LogP contribution is 2.38. The predicted molar refractivity (Wildman–Crippen MR) is 114 cm³/mol. The molecule has 0 amide bonds. The van der Waals surface area contributed by atoms with Crippen LogP contribution in [0.3, 0.4) is 0 Å². The normalized spacial score (nSPS) is 12.2. The van der Waals surface area contributed by atoms with Crippen LogP contribution in [0.4, 0.5) is 5.95 Å². The van der Waals surface area contributed by atoms with Crippen LogP contribution in [-0.2, 0) is 10.0 Å². The molecule has 9 nitrogen and oxygen atoms in total. The number of hydrogen-bond acceptors (Lipinski definition) is 7. The highest BCUT2D eigenvalue weighted by atomic mass is 32.2. The lowest BCUT2D eigenvalue weighted by molar-refractivity contribution is 0.393. The number of nitrogens with one attached hydrogen (secondary N) is 2. The van der Waals surface area contributed by atoms with Gasteiger partial charge < -0.3 is 14.0 Å². The van der Waals surface area contributed by atoms with Gasteiger partial charge in [-0.15, -0.1) is 0 Å². The Morgan fingerprint density at radius 3 is 2.10 bits per heavy atom. The van der Waals surface area contributed by atoms with E-state index in [4.69, 9.17) is 9.05 Å². The molecule has 0 saturated heterocycles. The molecule has 4 aromatic rings. The van der Waals surface area contributed by atoms with Gasteiger partial charge in [-0.25, -0.2) is 13.4 Å². The van der Waals surface area contributed by atoms with Gasteiger partial charge in [0.15, 0.2) is 0 Å². The Kier molecular flexibility index (Phi) is 4.69. The molecule has 10 heteroatoms. The number of benzene rings is 1. The van der Waals surface area contributed by atoms with E-state index in [1.165, 1.54) is 0 Å². The molecule has 2 N–H and O–H groups in total. The number of aryl methyl sites for hydroxylation is 4. The molecule has 3 aromatic heterocycles. The van der Waals surface area contributed by atoms with Gasteiger partial charge in [-0.3, -0.25) is 4.72 Å². The monoisotopic (exact) mass is 429 g/mol. The fourth-order valence-electron chi connectivity index (χ4n) is 3.52. The third kappa shape index (κ3) is 3.26. The molecule has 0 saturated carbocycles. The number of hydrogen-bond donors (Lipinski definition) is 2. The predicted octanol–water partition coefficient (Wildman–Crippen LogP) is 4.26. The number of nitrogens with zero attached hydrogens (tertiary/aromatic N) is 3. The van der Waals surface area contributed by atoms with Crippen molar-refractivity contribution in [3.63, 3.8) is 0 Å². The second-order valence-electron chi connectivity index (χ2n) is 7.60. The lowest BCUT2D eigenvalue weighted by Gasteiger charge is -2.07. The first-order chi connectivity index (χ1) is 14.1. The van der Waals surface area contributed by atoms with Crippen LogP contribution < -0.4 is 4.72 Å². The number of rotatable bonds is 5. The van der Waals surface area contributed by atoms with Gasteiger partial charge in [-0.2, -0.15) is 0 Å². The van der Waals surface area contributed by atoms with E-state index in [-0.39, 0.29) is 5.95 Å².